The van der Waals surface area contributed by atoms with E-state index < -0.39 is 11.9 Å². The van der Waals surface area contributed by atoms with Crippen LogP contribution in [0.15, 0.2) is 97.1 Å². The molecule has 3 aliphatic rings. The molecule has 3 aliphatic heterocycles. The zero-order chi connectivity index (χ0) is 72.7. The summed E-state index contributed by atoms with van der Waals surface area (Å²) in [6, 6.07) is 21.2. The molecule has 0 aliphatic carbocycles. The molecule has 574 valence electrons. The van der Waals surface area contributed by atoms with E-state index in [2.05, 4.69) is 13.2 Å². The summed E-state index contributed by atoms with van der Waals surface area (Å²) in [6.07, 6.45) is 0. The first-order valence-electron chi connectivity index (χ1n) is 32.4. The molecule has 0 fully saturated rings. The van der Waals surface area contributed by atoms with Gasteiger partial charge < -0.3 is 127 Å². The molecule has 33 heteroatoms. The molecule has 25 nitrogen and oxygen atoms in total. The number of benzene rings is 4. The first-order chi connectivity index (χ1) is 48.8. The van der Waals surface area contributed by atoms with Gasteiger partial charge in [-0.2, -0.15) is 0 Å². The summed E-state index contributed by atoms with van der Waals surface area (Å²) >= 11 is 27.8. The Morgan fingerprint density at radius 2 is 0.602 bits per heavy atom. The van der Waals surface area contributed by atoms with E-state index in [1.807, 2.05) is 42.5 Å². The summed E-state index contributed by atoms with van der Waals surface area (Å²) in [4.78, 5) is 21.1. The molecule has 7 rings (SSSR count). The van der Waals surface area contributed by atoms with Crippen molar-refractivity contribution in [2.75, 3.05) is 223 Å². The smallest absolute Gasteiger partial charge is 1.00 e. The number of phenols is 2. The Hall–Kier alpha value is -3.08. The van der Waals surface area contributed by atoms with E-state index in [1.165, 1.54) is 19.1 Å². The number of carbonyl (C=O) groups is 2. The second kappa shape index (κ2) is 71.8. The first kappa shape index (κ1) is 102. The Balaban J connectivity index is 0. The van der Waals surface area contributed by atoms with Crippen molar-refractivity contribution in [3.63, 3.8) is 0 Å². The average Bonchev–Trinajstić information content (AvgIpc) is 0.877. The van der Waals surface area contributed by atoms with Crippen LogP contribution in [0.25, 0.3) is 0 Å². The topological polar surface area (TPSA) is 282 Å². The number of aromatic hydroxyl groups is 2. The van der Waals surface area contributed by atoms with Crippen molar-refractivity contribution in [3.05, 3.63) is 119 Å². The number of fused-ring (bicyclic) bond motifs is 3. The molecule has 103 heavy (non-hydrogen) atoms. The van der Waals surface area contributed by atoms with Gasteiger partial charge in [0, 0.05) is 35.0 Å². The number of alkyl halides is 5. The Labute approximate surface area is 681 Å². The Morgan fingerprint density at radius 3 is 0.845 bits per heavy atom. The number of hydrogen-bond acceptors (Lipinski definition) is 25. The fraction of sp³-hybridized carbons (Fsp3) is 0.571. The van der Waals surface area contributed by atoms with Crippen molar-refractivity contribution >= 4 is 69.9 Å². The van der Waals surface area contributed by atoms with E-state index in [4.69, 9.17) is 163 Å². The van der Waals surface area contributed by atoms with Gasteiger partial charge in [0.15, 0.2) is 46.0 Å². The van der Waals surface area contributed by atoms with E-state index in [0.717, 1.165) is 22.3 Å². The molecule has 0 radical (unpaired) electrons. The fourth-order valence-corrected chi connectivity index (χ4v) is 8.01. The van der Waals surface area contributed by atoms with E-state index in [9.17, 15) is 14.7 Å². The van der Waals surface area contributed by atoms with Crippen LogP contribution >= 0.6 is 58.0 Å². The van der Waals surface area contributed by atoms with Crippen molar-refractivity contribution in [1.29, 1.82) is 0 Å². The monoisotopic (exact) mass is 1600 g/mol. The molecule has 0 spiro atoms. The van der Waals surface area contributed by atoms with Crippen LogP contribution in [-0.2, 0) is 100 Å². The molecule has 0 amide bonds. The number of rotatable bonds is 11. The van der Waals surface area contributed by atoms with Gasteiger partial charge in [-0.3, -0.25) is 0 Å². The molecular weight excluding hydrogens is 1500 g/mol. The maximum Gasteiger partial charge on any atom is 1.00 e. The zero-order valence-electron chi connectivity index (χ0n) is 59.8. The van der Waals surface area contributed by atoms with Gasteiger partial charge in [0.2, 0.25) is 0 Å². The molecule has 0 bridgehead atoms. The molecule has 3 heterocycles. The number of carbonyl (C=O) groups excluding carboxylic acids is 2. The maximum atomic E-state index is 11.6. The molecular formula is C70H100Cl6Na2O25. The number of phenolic OH excluding ortho intramolecular Hbond substituents is 2. The standard InChI is InChI=1S/C21H30O8.2C17H25ClO6.C7H7ClO2.C4H8Cl2O.C4H6O2.ClH.2Na/c1-17(2)21(22)29-16-18-3-4-19-20(15-18)28-14-12-26-10-8-24-6-5-23-7-9-25-11-13-27-19;2*18-14-15-1-2-16-17(13-15)24-12-10-22-8-6-20-4-3-19-5-7-21-9-11-23-16;8-4-5-1-2-6(9)7(10)3-5;5-1-3-7-4-2-6;1-3(2)4(5)6;;;/h3-4,15H,1,5-14,16H2,2H3;2*1-2,13H,3-12,14H2;1-3,9-10H,4H2;1-4H2;1H2,2H3,(H,5,6);1H;;/q;;;;;;;2*+1/p-2. The maximum absolute atomic E-state index is 11.6. The van der Waals surface area contributed by atoms with Gasteiger partial charge in [-0.1, -0.05) is 37.4 Å². The SMILES string of the molecule is C=C(C)C(=O)OCc1ccc2c(c1)OCCOCCOCCOCCOCCO2.C=C(C)C(=O)[O-].ClCCOCCCl.ClCc1ccc2c(c1)OCCOCCOCCOCCOCCO2.ClCc1ccc2c(c1)OCCOCCOCCOCCOCCO2.Oc1ccc(CCl)cc1O.[Cl-].[Na+].[Na+]. The molecule has 0 aromatic heterocycles. The molecule has 4 aromatic carbocycles. The van der Waals surface area contributed by atoms with Crippen molar-refractivity contribution < 1.29 is 191 Å². The van der Waals surface area contributed by atoms with Crippen molar-refractivity contribution in [2.45, 2.75) is 38.1 Å². The molecule has 0 unspecified atom stereocenters. The van der Waals surface area contributed by atoms with Crippen LogP contribution in [0, 0.1) is 0 Å². The third kappa shape index (κ3) is 55.9. The van der Waals surface area contributed by atoms with Gasteiger partial charge >= 0.3 is 65.1 Å². The molecule has 0 atom stereocenters. The Bertz CT molecular complexity index is 2650. The summed E-state index contributed by atoms with van der Waals surface area (Å²) in [6.45, 7) is 25.7. The van der Waals surface area contributed by atoms with E-state index >= 15 is 0 Å². The second-order valence-electron chi connectivity index (χ2n) is 20.4. The minimum absolute atomic E-state index is 0. The van der Waals surface area contributed by atoms with Crippen LogP contribution in [0.3, 0.4) is 0 Å². The Morgan fingerprint density at radius 1 is 0.369 bits per heavy atom. The van der Waals surface area contributed by atoms with Gasteiger partial charge in [0.25, 0.3) is 0 Å². The quantitative estimate of drug-likeness (QED) is 0.0510. The van der Waals surface area contributed by atoms with E-state index in [1.54, 1.807) is 25.1 Å². The predicted octanol–water partition coefficient (Wildman–Crippen LogP) is 0.311. The first-order valence-corrected chi connectivity index (χ1v) is 35.1. The summed E-state index contributed by atoms with van der Waals surface area (Å²) < 4.78 is 110. The largest absolute Gasteiger partial charge is 1.00 e. The Kier molecular flexibility index (Phi) is 71.1. The van der Waals surface area contributed by atoms with Crippen LogP contribution in [0.2, 0.25) is 0 Å². The number of hydrogen-bond donors (Lipinski definition) is 2. The number of carboxylic acids is 1. The second-order valence-corrected chi connectivity index (χ2v) is 22.0. The molecule has 0 saturated carbocycles. The van der Waals surface area contributed by atoms with Crippen molar-refractivity contribution in [1.82, 2.24) is 0 Å². The van der Waals surface area contributed by atoms with E-state index in [-0.39, 0.29) is 95.2 Å². The normalized spacial score (nSPS) is 15.9. The van der Waals surface area contributed by atoms with Gasteiger partial charge in [-0.15, -0.1) is 58.0 Å². The van der Waals surface area contributed by atoms with Crippen LogP contribution in [0.1, 0.15) is 36.1 Å². The molecule has 0 saturated heterocycles. The van der Waals surface area contributed by atoms with Gasteiger partial charge in [-0.25, -0.2) is 4.79 Å². The number of ether oxygens (including phenoxy) is 20. The molecule has 2 N–H and O–H groups in total. The fourth-order valence-electron chi connectivity index (χ4n) is 7.29. The van der Waals surface area contributed by atoms with Crippen LogP contribution < -0.4 is 105 Å². The van der Waals surface area contributed by atoms with E-state index in [0.29, 0.717) is 281 Å². The van der Waals surface area contributed by atoms with Crippen LogP contribution in [0.5, 0.6) is 46.0 Å². The third-order valence-corrected chi connectivity index (χ3v) is 13.5. The number of carboxylic acid groups (broad SMARTS) is 1. The number of halogens is 6. The summed E-state index contributed by atoms with van der Waals surface area (Å²) in [7, 11) is 0. The average molecular weight is 1600 g/mol. The minimum atomic E-state index is -1.19. The molecule has 4 aromatic rings. The van der Waals surface area contributed by atoms with Gasteiger partial charge in [0.1, 0.15) is 46.2 Å². The predicted molar refractivity (Wildman–Crippen MR) is 377 cm³/mol. The number of esters is 1. The van der Waals surface area contributed by atoms with Crippen molar-refractivity contribution in [2.24, 2.45) is 0 Å². The van der Waals surface area contributed by atoms with Crippen molar-refractivity contribution in [3.8, 4) is 46.0 Å². The summed E-state index contributed by atoms with van der Waals surface area (Å²) in [5.41, 5.74) is 3.94. The van der Waals surface area contributed by atoms with Crippen LogP contribution in [0.4, 0.5) is 0 Å². The number of aliphatic carboxylic acids is 1. The minimum Gasteiger partial charge on any atom is -1.00 e. The zero-order valence-corrected chi connectivity index (χ0v) is 68.3. The summed E-state index contributed by atoms with van der Waals surface area (Å²) in [5, 5.41) is 27.3. The van der Waals surface area contributed by atoms with Crippen LogP contribution in [-0.4, -0.2) is 245 Å². The summed E-state index contributed by atoms with van der Waals surface area (Å²) in [5.74, 6) is 4.25. The van der Waals surface area contributed by atoms with Gasteiger partial charge in [0.05, 0.1) is 178 Å². The third-order valence-electron chi connectivity index (χ3n) is 12.3. The van der Waals surface area contributed by atoms with Gasteiger partial charge in [-0.05, 0) is 90.2 Å².